The number of rotatable bonds is 2. The van der Waals surface area contributed by atoms with Crippen molar-refractivity contribution in [2.45, 2.75) is 6.42 Å². The van der Waals surface area contributed by atoms with Gasteiger partial charge in [-0.15, -0.1) is 0 Å². The SMILES string of the molecule is O=c1oc(Cc2cccc3ccccc23)nc2ccccc12. The third-order valence-corrected chi connectivity index (χ3v) is 3.80. The van der Waals surface area contributed by atoms with Crippen LogP contribution in [0.15, 0.2) is 75.9 Å². The van der Waals surface area contributed by atoms with E-state index in [1.54, 1.807) is 6.07 Å². The molecular formula is C19H13NO2. The predicted octanol–water partition coefficient (Wildman–Crippen LogP) is 3.93. The molecule has 0 radical (unpaired) electrons. The summed E-state index contributed by atoms with van der Waals surface area (Å²) in [5, 5.41) is 2.84. The van der Waals surface area contributed by atoms with Crippen LogP contribution in [0.1, 0.15) is 11.5 Å². The Morgan fingerprint density at radius 3 is 2.45 bits per heavy atom. The quantitative estimate of drug-likeness (QED) is 0.561. The van der Waals surface area contributed by atoms with Gasteiger partial charge in [-0.3, -0.25) is 0 Å². The first-order valence-electron chi connectivity index (χ1n) is 7.17. The van der Waals surface area contributed by atoms with Gasteiger partial charge in [-0.25, -0.2) is 9.78 Å². The second-order valence-electron chi connectivity index (χ2n) is 5.23. The van der Waals surface area contributed by atoms with E-state index in [0.29, 0.717) is 23.2 Å². The first-order valence-corrected chi connectivity index (χ1v) is 7.17. The second kappa shape index (κ2) is 5.11. The molecule has 1 aromatic heterocycles. The number of nitrogens with zero attached hydrogens (tertiary/aromatic N) is 1. The number of hydrogen-bond donors (Lipinski definition) is 0. The van der Waals surface area contributed by atoms with Gasteiger partial charge in [0.05, 0.1) is 17.3 Å². The lowest BCUT2D eigenvalue weighted by Crippen LogP contribution is -2.05. The van der Waals surface area contributed by atoms with Crippen molar-refractivity contribution in [1.29, 1.82) is 0 Å². The summed E-state index contributed by atoms with van der Waals surface area (Å²) >= 11 is 0. The molecule has 0 atom stereocenters. The third kappa shape index (κ3) is 2.17. The average Bonchev–Trinajstić information content (AvgIpc) is 2.55. The molecule has 0 unspecified atom stereocenters. The van der Waals surface area contributed by atoms with Crippen LogP contribution in [-0.2, 0) is 6.42 Å². The fraction of sp³-hybridized carbons (Fsp3) is 0.0526. The molecule has 3 aromatic carbocycles. The van der Waals surface area contributed by atoms with Crippen LogP contribution >= 0.6 is 0 Å². The lowest BCUT2D eigenvalue weighted by atomic mass is 10.0. The lowest BCUT2D eigenvalue weighted by Gasteiger charge is -2.06. The highest BCUT2D eigenvalue weighted by Crippen LogP contribution is 2.21. The number of hydrogen-bond acceptors (Lipinski definition) is 3. The molecule has 1 heterocycles. The summed E-state index contributed by atoms with van der Waals surface area (Å²) < 4.78 is 5.38. The van der Waals surface area contributed by atoms with Gasteiger partial charge in [-0.1, -0.05) is 54.6 Å². The zero-order chi connectivity index (χ0) is 14.9. The molecule has 0 amide bonds. The topological polar surface area (TPSA) is 43.1 Å². The van der Waals surface area contributed by atoms with Gasteiger partial charge < -0.3 is 4.42 Å². The summed E-state index contributed by atoms with van der Waals surface area (Å²) in [5.74, 6) is 0.444. The minimum absolute atomic E-state index is 0.333. The van der Waals surface area contributed by atoms with Gasteiger partial charge in [0, 0.05) is 0 Å². The first-order chi connectivity index (χ1) is 10.8. The van der Waals surface area contributed by atoms with E-state index >= 15 is 0 Å². The highest BCUT2D eigenvalue weighted by molar-refractivity contribution is 5.86. The van der Waals surface area contributed by atoms with E-state index < -0.39 is 0 Å². The number of fused-ring (bicyclic) bond motifs is 2. The molecule has 0 aliphatic heterocycles. The normalized spacial score (nSPS) is 11.1. The van der Waals surface area contributed by atoms with Crippen LogP contribution in [0.25, 0.3) is 21.7 Å². The van der Waals surface area contributed by atoms with Crippen LogP contribution in [0, 0.1) is 0 Å². The van der Waals surface area contributed by atoms with Gasteiger partial charge >= 0.3 is 5.63 Å². The Morgan fingerprint density at radius 2 is 1.55 bits per heavy atom. The van der Waals surface area contributed by atoms with Gasteiger partial charge in [-0.05, 0) is 28.5 Å². The minimum Gasteiger partial charge on any atom is -0.408 e. The maximum absolute atomic E-state index is 12.0. The van der Waals surface area contributed by atoms with Crippen molar-refractivity contribution in [3.8, 4) is 0 Å². The maximum Gasteiger partial charge on any atom is 0.346 e. The molecule has 0 spiro atoms. The monoisotopic (exact) mass is 287 g/mol. The van der Waals surface area contributed by atoms with Crippen molar-refractivity contribution < 1.29 is 4.42 Å². The van der Waals surface area contributed by atoms with Crippen LogP contribution in [-0.4, -0.2) is 4.98 Å². The van der Waals surface area contributed by atoms with Crippen LogP contribution in [0.3, 0.4) is 0 Å². The molecular weight excluding hydrogens is 274 g/mol. The molecule has 0 saturated carbocycles. The second-order valence-corrected chi connectivity index (χ2v) is 5.23. The molecule has 0 aliphatic carbocycles. The van der Waals surface area contributed by atoms with Gasteiger partial charge in [0.1, 0.15) is 0 Å². The Labute approximate surface area is 126 Å². The standard InChI is InChI=1S/C19H13NO2/c21-19-16-10-3-4-11-17(16)20-18(22-19)12-14-8-5-7-13-6-1-2-9-15(13)14/h1-11H,12H2. The predicted molar refractivity (Wildman–Crippen MR) is 87.0 cm³/mol. The van der Waals surface area contributed by atoms with E-state index in [4.69, 9.17) is 4.42 Å². The van der Waals surface area contributed by atoms with Crippen LogP contribution in [0.4, 0.5) is 0 Å². The summed E-state index contributed by atoms with van der Waals surface area (Å²) in [5.41, 5.74) is 1.44. The highest BCUT2D eigenvalue weighted by Gasteiger charge is 2.08. The van der Waals surface area contributed by atoms with Crippen LogP contribution < -0.4 is 5.63 Å². The molecule has 106 valence electrons. The maximum atomic E-state index is 12.0. The Hall–Kier alpha value is -2.94. The van der Waals surface area contributed by atoms with E-state index in [1.807, 2.05) is 42.5 Å². The molecule has 4 rings (SSSR count). The fourth-order valence-electron chi connectivity index (χ4n) is 2.75. The Bertz CT molecular complexity index is 1030. The molecule has 0 bridgehead atoms. The molecule has 0 N–H and O–H groups in total. The van der Waals surface area contributed by atoms with Gasteiger partial charge in [-0.2, -0.15) is 0 Å². The third-order valence-electron chi connectivity index (χ3n) is 3.80. The van der Waals surface area contributed by atoms with E-state index in [1.165, 1.54) is 5.39 Å². The minimum atomic E-state index is -0.333. The smallest absolute Gasteiger partial charge is 0.346 e. The summed E-state index contributed by atoms with van der Waals surface area (Å²) in [6.45, 7) is 0. The summed E-state index contributed by atoms with van der Waals surface area (Å²) in [4.78, 5) is 16.5. The van der Waals surface area contributed by atoms with Crippen LogP contribution in [0.5, 0.6) is 0 Å². The number of para-hydroxylation sites is 1. The lowest BCUT2D eigenvalue weighted by molar-refractivity contribution is 0.455. The van der Waals surface area contributed by atoms with Crippen molar-refractivity contribution >= 4 is 21.7 Å². The average molecular weight is 287 g/mol. The Kier molecular flexibility index (Phi) is 2.97. The molecule has 0 saturated heterocycles. The largest absolute Gasteiger partial charge is 0.408 e. The fourth-order valence-corrected chi connectivity index (χ4v) is 2.75. The van der Waals surface area contributed by atoms with Crippen molar-refractivity contribution in [2.75, 3.05) is 0 Å². The van der Waals surface area contributed by atoms with Gasteiger partial charge in [0.2, 0.25) is 5.89 Å². The summed E-state index contributed by atoms with van der Waals surface area (Å²) in [7, 11) is 0. The zero-order valence-electron chi connectivity index (χ0n) is 11.8. The van der Waals surface area contributed by atoms with E-state index in [2.05, 4.69) is 23.2 Å². The van der Waals surface area contributed by atoms with E-state index in [0.717, 1.165) is 10.9 Å². The Morgan fingerprint density at radius 1 is 0.818 bits per heavy atom. The van der Waals surface area contributed by atoms with Gasteiger partial charge in [0.25, 0.3) is 0 Å². The van der Waals surface area contributed by atoms with Crippen molar-refractivity contribution in [3.63, 3.8) is 0 Å². The Balaban J connectivity index is 1.84. The van der Waals surface area contributed by atoms with E-state index in [-0.39, 0.29) is 5.63 Å². The number of benzene rings is 3. The molecule has 3 heteroatoms. The highest BCUT2D eigenvalue weighted by atomic mass is 16.4. The molecule has 0 aliphatic rings. The number of aromatic nitrogens is 1. The molecule has 4 aromatic rings. The van der Waals surface area contributed by atoms with Crippen molar-refractivity contribution in [1.82, 2.24) is 4.98 Å². The van der Waals surface area contributed by atoms with Crippen molar-refractivity contribution in [2.24, 2.45) is 0 Å². The molecule has 22 heavy (non-hydrogen) atoms. The zero-order valence-corrected chi connectivity index (χ0v) is 11.8. The summed E-state index contributed by atoms with van der Waals surface area (Å²) in [6, 6.07) is 21.5. The van der Waals surface area contributed by atoms with E-state index in [9.17, 15) is 4.79 Å². The van der Waals surface area contributed by atoms with Crippen LogP contribution in [0.2, 0.25) is 0 Å². The van der Waals surface area contributed by atoms with Gasteiger partial charge in [0.15, 0.2) is 0 Å². The molecule has 3 nitrogen and oxygen atoms in total. The molecule has 0 fully saturated rings. The first kappa shape index (κ1) is 12.8. The summed E-state index contributed by atoms with van der Waals surface area (Å²) in [6.07, 6.45) is 0.501. The van der Waals surface area contributed by atoms with Crippen molar-refractivity contribution in [3.05, 3.63) is 88.6 Å².